The Morgan fingerprint density at radius 1 is 1.22 bits per heavy atom. The summed E-state index contributed by atoms with van der Waals surface area (Å²) in [5.74, 6) is -0.526. The minimum Gasteiger partial charge on any atom is -0.469 e. The number of amides is 1. The molecule has 27 heavy (non-hydrogen) atoms. The van der Waals surface area contributed by atoms with Crippen LogP contribution in [0.4, 0.5) is 5.69 Å². The van der Waals surface area contributed by atoms with Gasteiger partial charge in [0.2, 0.25) is 0 Å². The van der Waals surface area contributed by atoms with Crippen molar-refractivity contribution in [3.63, 3.8) is 0 Å². The lowest BCUT2D eigenvalue weighted by Gasteiger charge is -2.24. The average molecular weight is 434 g/mol. The largest absolute Gasteiger partial charge is 0.469 e. The molecule has 7 heteroatoms. The van der Waals surface area contributed by atoms with E-state index in [1.165, 1.54) is 11.0 Å². The molecule has 1 aliphatic rings. The number of halogens is 1. The first kappa shape index (κ1) is 19.4. The molecule has 1 N–H and O–H groups in total. The summed E-state index contributed by atoms with van der Waals surface area (Å²) in [7, 11) is 1.41. The lowest BCUT2D eigenvalue weighted by Crippen LogP contribution is -2.25. The molecule has 1 aliphatic carbocycles. The van der Waals surface area contributed by atoms with Gasteiger partial charge in [0.1, 0.15) is 0 Å². The van der Waals surface area contributed by atoms with Gasteiger partial charge in [-0.2, -0.15) is 0 Å². The van der Waals surface area contributed by atoms with Gasteiger partial charge in [0.15, 0.2) is 5.75 Å². The Kier molecular flexibility index (Phi) is 5.82. The molecular formula is C20H20BrNO5. The molecule has 0 bridgehead atoms. The second kappa shape index (κ2) is 8.10. The van der Waals surface area contributed by atoms with Crippen molar-refractivity contribution in [2.24, 2.45) is 5.92 Å². The summed E-state index contributed by atoms with van der Waals surface area (Å²) in [6.45, 7) is 1.75. The zero-order chi connectivity index (χ0) is 19.6. The summed E-state index contributed by atoms with van der Waals surface area (Å²) in [6, 6.07) is 10.8. The molecule has 0 saturated carbocycles. The van der Waals surface area contributed by atoms with Gasteiger partial charge in [-0.1, -0.05) is 18.2 Å². The van der Waals surface area contributed by atoms with Crippen LogP contribution in [0.3, 0.4) is 0 Å². The number of nitrogens with zero attached hydrogens (tertiary/aromatic N) is 1. The number of anilines is 1. The number of rotatable bonds is 4. The van der Waals surface area contributed by atoms with Gasteiger partial charge in [-0.3, -0.25) is 9.59 Å². The highest BCUT2D eigenvalue weighted by Crippen LogP contribution is 2.33. The molecule has 2 aromatic rings. The van der Waals surface area contributed by atoms with Gasteiger partial charge in [-0.05, 0) is 61.1 Å². The number of hydrogen-bond donors (Lipinski definition) is 1. The smallest absolute Gasteiger partial charge is 0.309 e. The number of methoxy groups -OCH3 is 1. The van der Waals surface area contributed by atoms with Crippen LogP contribution in [0.2, 0.25) is 0 Å². The predicted molar refractivity (Wildman–Crippen MR) is 104 cm³/mol. The molecule has 0 saturated heterocycles. The summed E-state index contributed by atoms with van der Waals surface area (Å²) >= 11 is 3.32. The lowest BCUT2D eigenvalue weighted by molar-refractivity contribution is -0.145. The molecule has 0 spiro atoms. The molecule has 3 rings (SSSR count). The fourth-order valence-electron chi connectivity index (χ4n) is 3.40. The standard InChI is InChI=1S/C20H20BrNO5/c1-12-4-3-5-17(18(12)27-25)19(23)22(21)16-9-8-13-10-15(20(24)26-2)7-6-14(13)11-16/h3-5,8-9,11,15,25H,6-7,10H2,1-2H3. The van der Waals surface area contributed by atoms with Crippen LogP contribution >= 0.6 is 16.1 Å². The van der Waals surface area contributed by atoms with Crippen molar-refractivity contribution >= 4 is 33.7 Å². The number of carbonyl (C=O) groups is 2. The van der Waals surface area contributed by atoms with Crippen molar-refractivity contribution in [3.05, 3.63) is 58.7 Å². The van der Waals surface area contributed by atoms with Gasteiger partial charge in [0.25, 0.3) is 5.91 Å². The van der Waals surface area contributed by atoms with Gasteiger partial charge >= 0.3 is 5.97 Å². The minimum absolute atomic E-state index is 0.119. The second-order valence-electron chi connectivity index (χ2n) is 6.54. The second-order valence-corrected chi connectivity index (χ2v) is 7.25. The van der Waals surface area contributed by atoms with Gasteiger partial charge in [-0.25, -0.2) is 9.18 Å². The van der Waals surface area contributed by atoms with Crippen LogP contribution in [0, 0.1) is 12.8 Å². The SMILES string of the molecule is COC(=O)C1CCc2cc(N(Br)C(=O)c3cccc(C)c3OO)ccc2C1. The first-order chi connectivity index (χ1) is 13.0. The quantitative estimate of drug-likeness (QED) is 0.340. The van der Waals surface area contributed by atoms with Crippen molar-refractivity contribution in [2.75, 3.05) is 11.0 Å². The molecule has 1 amide bonds. The summed E-state index contributed by atoms with van der Waals surface area (Å²) in [5.41, 5.74) is 3.76. The van der Waals surface area contributed by atoms with E-state index in [9.17, 15) is 9.59 Å². The van der Waals surface area contributed by atoms with E-state index in [0.717, 1.165) is 24.0 Å². The molecule has 2 aromatic carbocycles. The zero-order valence-corrected chi connectivity index (χ0v) is 16.7. The number of aryl methyl sites for hydroxylation is 2. The molecule has 1 atom stereocenters. The highest BCUT2D eigenvalue weighted by Gasteiger charge is 2.27. The third kappa shape index (κ3) is 3.84. The maximum atomic E-state index is 12.9. The van der Waals surface area contributed by atoms with Gasteiger partial charge in [-0.15, -0.1) is 0 Å². The molecule has 0 fully saturated rings. The number of para-hydroxylation sites is 1. The topological polar surface area (TPSA) is 76.1 Å². The van der Waals surface area contributed by atoms with Crippen LogP contribution in [0.15, 0.2) is 36.4 Å². The average Bonchev–Trinajstić information content (AvgIpc) is 2.71. The number of carbonyl (C=O) groups excluding carboxylic acids is 2. The molecule has 0 aliphatic heterocycles. The monoisotopic (exact) mass is 433 g/mol. The minimum atomic E-state index is -0.356. The molecule has 142 valence electrons. The third-order valence-electron chi connectivity index (χ3n) is 4.89. The lowest BCUT2D eigenvalue weighted by atomic mass is 9.83. The molecule has 0 heterocycles. The van der Waals surface area contributed by atoms with Crippen LogP contribution < -0.4 is 8.81 Å². The van der Waals surface area contributed by atoms with E-state index in [0.29, 0.717) is 17.7 Å². The van der Waals surface area contributed by atoms with E-state index in [-0.39, 0.29) is 29.1 Å². The highest BCUT2D eigenvalue weighted by atomic mass is 79.9. The number of ether oxygens (including phenoxy) is 1. The van der Waals surface area contributed by atoms with Crippen molar-refractivity contribution in [2.45, 2.75) is 26.2 Å². The maximum Gasteiger partial charge on any atom is 0.309 e. The predicted octanol–water partition coefficient (Wildman–Crippen LogP) is 4.08. The number of benzene rings is 2. The van der Waals surface area contributed by atoms with E-state index in [1.807, 2.05) is 18.2 Å². The van der Waals surface area contributed by atoms with E-state index in [2.05, 4.69) is 21.0 Å². The Labute approximate surface area is 166 Å². The Bertz CT molecular complexity index is 883. The molecule has 0 aromatic heterocycles. The maximum absolute atomic E-state index is 12.9. The number of esters is 1. The van der Waals surface area contributed by atoms with Gasteiger partial charge in [0.05, 0.1) is 40.4 Å². The summed E-state index contributed by atoms with van der Waals surface area (Å²) in [4.78, 5) is 29.0. The van der Waals surface area contributed by atoms with E-state index >= 15 is 0 Å². The number of hydrogen-bond acceptors (Lipinski definition) is 5. The fraction of sp³-hybridized carbons (Fsp3) is 0.300. The highest BCUT2D eigenvalue weighted by molar-refractivity contribution is 9.10. The van der Waals surface area contributed by atoms with Crippen LogP contribution in [0.25, 0.3) is 0 Å². The molecule has 1 unspecified atom stereocenters. The van der Waals surface area contributed by atoms with Crippen molar-refractivity contribution in [1.82, 2.24) is 0 Å². The first-order valence-corrected chi connectivity index (χ1v) is 9.28. The van der Waals surface area contributed by atoms with Gasteiger partial charge < -0.3 is 9.62 Å². The van der Waals surface area contributed by atoms with E-state index < -0.39 is 0 Å². The summed E-state index contributed by atoms with van der Waals surface area (Å²) in [5, 5.41) is 9.12. The van der Waals surface area contributed by atoms with Crippen LogP contribution in [-0.2, 0) is 22.4 Å². The van der Waals surface area contributed by atoms with E-state index in [4.69, 9.17) is 9.99 Å². The van der Waals surface area contributed by atoms with Gasteiger partial charge in [0, 0.05) is 0 Å². The Balaban J connectivity index is 1.85. The summed E-state index contributed by atoms with van der Waals surface area (Å²) < 4.78 is 6.19. The molecular weight excluding hydrogens is 414 g/mol. The van der Waals surface area contributed by atoms with Crippen LogP contribution in [0.1, 0.15) is 33.5 Å². The Morgan fingerprint density at radius 3 is 2.70 bits per heavy atom. The van der Waals surface area contributed by atoms with Crippen molar-refractivity contribution < 1.29 is 24.5 Å². The molecule has 0 radical (unpaired) electrons. The third-order valence-corrected chi connectivity index (χ3v) is 5.62. The Morgan fingerprint density at radius 2 is 2.00 bits per heavy atom. The van der Waals surface area contributed by atoms with Crippen molar-refractivity contribution in [3.8, 4) is 5.75 Å². The van der Waals surface area contributed by atoms with Crippen LogP contribution in [0.5, 0.6) is 5.75 Å². The number of fused-ring (bicyclic) bond motifs is 1. The van der Waals surface area contributed by atoms with Crippen LogP contribution in [-0.4, -0.2) is 24.2 Å². The van der Waals surface area contributed by atoms with Crippen molar-refractivity contribution in [1.29, 1.82) is 0 Å². The molecule has 6 nitrogen and oxygen atoms in total. The normalized spacial score (nSPS) is 15.6. The first-order valence-electron chi connectivity index (χ1n) is 8.57. The zero-order valence-electron chi connectivity index (χ0n) is 15.1. The fourth-order valence-corrected chi connectivity index (χ4v) is 3.81. The Hall–Kier alpha value is -2.38. The van der Waals surface area contributed by atoms with E-state index in [1.54, 1.807) is 25.1 Å². The summed E-state index contributed by atoms with van der Waals surface area (Å²) in [6.07, 6.45) is 2.10.